The van der Waals surface area contributed by atoms with Crippen LogP contribution in [0, 0.1) is 11.3 Å². The highest BCUT2D eigenvalue weighted by Gasteiger charge is 2.46. The van der Waals surface area contributed by atoms with E-state index >= 15 is 0 Å². The molecule has 0 unspecified atom stereocenters. The maximum Gasteiger partial charge on any atom is 0.167 e. The third kappa shape index (κ3) is 2.01. The van der Waals surface area contributed by atoms with E-state index < -0.39 is 6.10 Å². The summed E-state index contributed by atoms with van der Waals surface area (Å²) in [4.78, 5) is 13.0. The van der Waals surface area contributed by atoms with Crippen LogP contribution in [0.5, 0.6) is 0 Å². The maximum absolute atomic E-state index is 13.0. The van der Waals surface area contributed by atoms with Crippen LogP contribution in [0.3, 0.4) is 0 Å². The minimum Gasteiger partial charge on any atom is -0.389 e. The summed E-state index contributed by atoms with van der Waals surface area (Å²) in [6.07, 6.45) is 0.735. The molecule has 2 atom stereocenters. The van der Waals surface area contributed by atoms with Crippen LogP contribution in [-0.2, 0) is 0 Å². The Balaban J connectivity index is 2.27. The summed E-state index contributed by atoms with van der Waals surface area (Å²) < 4.78 is 0. The Morgan fingerprint density at radius 1 is 1.24 bits per heavy atom. The van der Waals surface area contributed by atoms with E-state index in [1.807, 2.05) is 31.2 Å². The minimum atomic E-state index is -0.514. The summed E-state index contributed by atoms with van der Waals surface area (Å²) in [6, 6.07) is 7.73. The van der Waals surface area contributed by atoms with Gasteiger partial charge in [-0.3, -0.25) is 4.79 Å². The number of hydrogen-bond donors (Lipinski definition) is 1. The summed E-state index contributed by atoms with van der Waals surface area (Å²) in [5.74, 6) is -0.0269. The van der Waals surface area contributed by atoms with Crippen LogP contribution in [-0.4, -0.2) is 17.0 Å². The van der Waals surface area contributed by atoms with Crippen molar-refractivity contribution in [1.82, 2.24) is 0 Å². The number of carbonyl (C=O) groups is 1. The van der Waals surface area contributed by atoms with Crippen molar-refractivity contribution in [1.29, 1.82) is 0 Å². The predicted octanol–water partition coefficient (Wildman–Crippen LogP) is 4.01. The van der Waals surface area contributed by atoms with E-state index in [1.54, 1.807) is 0 Å². The van der Waals surface area contributed by atoms with Gasteiger partial charge in [-0.25, -0.2) is 0 Å². The molecule has 21 heavy (non-hydrogen) atoms. The SMILES string of the molecule is C=C1CC2=C(C)[C@@H](O)C[C@@H](C(=O)c3ccccc31)C2(C)C. The van der Waals surface area contributed by atoms with Crippen molar-refractivity contribution in [3.05, 3.63) is 53.1 Å². The standard InChI is InChI=1S/C19H22O2/c1-11-9-15-12(2)17(20)10-16(19(15,3)4)18(21)14-8-6-5-7-13(11)14/h5-8,16-17,20H,1,9-10H2,2-4H3/t16-,17-/m0/s1. The third-order valence-corrected chi connectivity index (χ3v) is 5.36. The van der Waals surface area contributed by atoms with E-state index in [0.717, 1.165) is 28.7 Å². The molecule has 0 saturated carbocycles. The Morgan fingerprint density at radius 3 is 2.52 bits per heavy atom. The molecule has 2 bridgehead atoms. The fourth-order valence-corrected chi connectivity index (χ4v) is 3.92. The summed E-state index contributed by atoms with van der Waals surface area (Å²) in [7, 11) is 0. The van der Waals surface area contributed by atoms with Gasteiger partial charge >= 0.3 is 0 Å². The molecule has 0 aromatic heterocycles. The first kappa shape index (κ1) is 14.3. The normalized spacial score (nSPS) is 28.0. The lowest BCUT2D eigenvalue weighted by atomic mass is 9.59. The number of aliphatic hydroxyl groups is 1. The van der Waals surface area contributed by atoms with E-state index in [-0.39, 0.29) is 17.1 Å². The largest absolute Gasteiger partial charge is 0.389 e. The van der Waals surface area contributed by atoms with Gasteiger partial charge in [-0.15, -0.1) is 0 Å². The molecule has 0 amide bonds. The molecule has 3 rings (SSSR count). The number of hydrogen-bond acceptors (Lipinski definition) is 2. The molecule has 2 nitrogen and oxygen atoms in total. The number of aliphatic hydroxyl groups excluding tert-OH is 1. The van der Waals surface area contributed by atoms with Gasteiger partial charge in [-0.1, -0.05) is 50.3 Å². The summed E-state index contributed by atoms with van der Waals surface area (Å²) in [5.41, 5.74) is 4.66. The molecular formula is C19H22O2. The number of allylic oxidation sites excluding steroid dienone is 2. The van der Waals surface area contributed by atoms with Gasteiger partial charge in [-0.2, -0.15) is 0 Å². The van der Waals surface area contributed by atoms with Crippen LogP contribution in [0.2, 0.25) is 0 Å². The van der Waals surface area contributed by atoms with Crippen molar-refractivity contribution < 1.29 is 9.90 Å². The topological polar surface area (TPSA) is 37.3 Å². The van der Waals surface area contributed by atoms with E-state index in [2.05, 4.69) is 20.4 Å². The van der Waals surface area contributed by atoms with Crippen molar-refractivity contribution in [3.8, 4) is 0 Å². The zero-order chi connectivity index (χ0) is 15.4. The summed E-state index contributed by atoms with van der Waals surface area (Å²) >= 11 is 0. The molecule has 0 spiro atoms. The highest BCUT2D eigenvalue weighted by atomic mass is 16.3. The molecule has 0 radical (unpaired) electrons. The van der Waals surface area contributed by atoms with Crippen molar-refractivity contribution in [2.75, 3.05) is 0 Å². The zero-order valence-electron chi connectivity index (χ0n) is 12.9. The van der Waals surface area contributed by atoms with E-state index in [4.69, 9.17) is 0 Å². The number of ketones is 1. The fourth-order valence-electron chi connectivity index (χ4n) is 3.92. The zero-order valence-corrected chi connectivity index (χ0v) is 12.9. The molecule has 2 heteroatoms. The lowest BCUT2D eigenvalue weighted by Crippen LogP contribution is -2.42. The van der Waals surface area contributed by atoms with Crippen LogP contribution in [0.1, 0.15) is 49.5 Å². The molecule has 1 aromatic carbocycles. The Labute approximate surface area is 126 Å². The van der Waals surface area contributed by atoms with Crippen molar-refractivity contribution in [3.63, 3.8) is 0 Å². The molecule has 1 aromatic rings. The number of Topliss-reactive ketones (excluding diaryl/α,β-unsaturated/α-hetero) is 1. The molecule has 0 aliphatic heterocycles. The van der Waals surface area contributed by atoms with Crippen LogP contribution in [0.25, 0.3) is 5.57 Å². The van der Waals surface area contributed by atoms with Gasteiger partial charge < -0.3 is 5.11 Å². The van der Waals surface area contributed by atoms with Gasteiger partial charge in [0.1, 0.15) is 0 Å². The highest BCUT2D eigenvalue weighted by Crippen LogP contribution is 2.50. The van der Waals surface area contributed by atoms with Gasteiger partial charge in [0.05, 0.1) is 6.10 Å². The van der Waals surface area contributed by atoms with Gasteiger partial charge in [0.25, 0.3) is 0 Å². The Bertz CT molecular complexity index is 664. The second-order valence-corrected chi connectivity index (χ2v) is 6.88. The van der Waals surface area contributed by atoms with Crippen molar-refractivity contribution in [2.45, 2.75) is 39.7 Å². The average Bonchev–Trinajstić information content (AvgIpc) is 2.46. The summed E-state index contributed by atoms with van der Waals surface area (Å²) in [6.45, 7) is 10.4. The van der Waals surface area contributed by atoms with E-state index in [1.165, 1.54) is 5.57 Å². The molecule has 110 valence electrons. The van der Waals surface area contributed by atoms with Crippen LogP contribution < -0.4 is 0 Å². The Morgan fingerprint density at radius 2 is 1.86 bits per heavy atom. The first-order valence-electron chi connectivity index (χ1n) is 7.53. The number of rotatable bonds is 0. The summed E-state index contributed by atoms with van der Waals surface area (Å²) in [5, 5.41) is 10.3. The number of fused-ring (bicyclic) bond motifs is 3. The second kappa shape index (κ2) is 4.67. The van der Waals surface area contributed by atoms with Gasteiger partial charge in [0.15, 0.2) is 5.78 Å². The fraction of sp³-hybridized carbons (Fsp3) is 0.421. The molecule has 0 fully saturated rings. The van der Waals surface area contributed by atoms with E-state index in [9.17, 15) is 9.90 Å². The predicted molar refractivity (Wildman–Crippen MR) is 85.0 cm³/mol. The molecular weight excluding hydrogens is 260 g/mol. The van der Waals surface area contributed by atoms with Crippen molar-refractivity contribution >= 4 is 11.4 Å². The van der Waals surface area contributed by atoms with Crippen LogP contribution in [0.4, 0.5) is 0 Å². The second-order valence-electron chi connectivity index (χ2n) is 6.88. The van der Waals surface area contributed by atoms with Gasteiger partial charge in [0, 0.05) is 11.5 Å². The quantitative estimate of drug-likeness (QED) is 0.730. The maximum atomic E-state index is 13.0. The minimum absolute atomic E-state index is 0.139. The molecule has 1 N–H and O–H groups in total. The molecule has 0 heterocycles. The molecule has 0 saturated heterocycles. The smallest absolute Gasteiger partial charge is 0.167 e. The monoisotopic (exact) mass is 282 g/mol. The number of benzene rings is 1. The third-order valence-electron chi connectivity index (χ3n) is 5.36. The molecule has 2 aliphatic carbocycles. The molecule has 2 aliphatic rings. The van der Waals surface area contributed by atoms with Gasteiger partial charge in [-0.05, 0) is 41.9 Å². The lowest BCUT2D eigenvalue weighted by Gasteiger charge is -2.44. The highest BCUT2D eigenvalue weighted by molar-refractivity contribution is 6.03. The first-order valence-corrected chi connectivity index (χ1v) is 7.53. The van der Waals surface area contributed by atoms with Crippen LogP contribution in [0.15, 0.2) is 42.0 Å². The first-order chi connectivity index (χ1) is 9.84. The average molecular weight is 282 g/mol. The van der Waals surface area contributed by atoms with E-state index in [0.29, 0.717) is 6.42 Å². The Hall–Kier alpha value is -1.67. The Kier molecular flexibility index (Phi) is 3.18. The lowest BCUT2D eigenvalue weighted by molar-refractivity contribution is 0.0662. The van der Waals surface area contributed by atoms with Crippen molar-refractivity contribution in [2.24, 2.45) is 11.3 Å². The van der Waals surface area contributed by atoms with Crippen LogP contribution >= 0.6 is 0 Å². The number of carbonyl (C=O) groups excluding carboxylic acids is 1. The van der Waals surface area contributed by atoms with Gasteiger partial charge in [0.2, 0.25) is 0 Å².